The van der Waals surface area contributed by atoms with Crippen molar-refractivity contribution in [3.05, 3.63) is 29.3 Å². The predicted octanol–water partition coefficient (Wildman–Crippen LogP) is 1.92. The number of carbonyl (C=O) groups excluding carboxylic acids is 2. The molecule has 0 aromatic carbocycles. The van der Waals surface area contributed by atoms with Crippen molar-refractivity contribution in [1.29, 1.82) is 0 Å². The van der Waals surface area contributed by atoms with Crippen LogP contribution in [0.15, 0.2) is 33.6 Å². The van der Waals surface area contributed by atoms with E-state index < -0.39 is 15.6 Å². The molecule has 2 aliphatic heterocycles. The molecule has 9 heteroatoms. The standard InChI is InChI=1S/C18H24N2O5S2/c1-18(2)10-14(21)9-15(25-18)17(22)20-7-3-5-13(12-20)11-19-27(23,24)16-6-4-8-26-16/h4,6,8-9,13,19H,3,5,7,10-12H2,1-2H3. The molecule has 1 saturated heterocycles. The van der Waals surface area contributed by atoms with Gasteiger partial charge in [0.2, 0.25) is 10.0 Å². The number of nitrogens with zero attached hydrogens (tertiary/aromatic N) is 1. The first-order chi connectivity index (χ1) is 12.7. The zero-order chi connectivity index (χ0) is 19.7. The summed E-state index contributed by atoms with van der Waals surface area (Å²) >= 11 is 1.17. The molecule has 1 N–H and O–H groups in total. The number of ketones is 1. The van der Waals surface area contributed by atoms with Gasteiger partial charge in [-0.05, 0) is 44.1 Å². The molecule has 1 atom stereocenters. The number of piperidine rings is 1. The van der Waals surface area contributed by atoms with E-state index in [-0.39, 0.29) is 40.5 Å². The largest absolute Gasteiger partial charge is 0.481 e. The molecular formula is C18H24N2O5S2. The van der Waals surface area contributed by atoms with Crippen LogP contribution < -0.4 is 4.72 Å². The minimum atomic E-state index is -3.51. The molecule has 0 saturated carbocycles. The fourth-order valence-electron chi connectivity index (χ4n) is 3.37. The molecule has 0 aliphatic carbocycles. The first-order valence-electron chi connectivity index (χ1n) is 8.92. The molecule has 0 bridgehead atoms. The summed E-state index contributed by atoms with van der Waals surface area (Å²) < 4.78 is 33.1. The van der Waals surface area contributed by atoms with Crippen molar-refractivity contribution in [3.8, 4) is 0 Å². The lowest BCUT2D eigenvalue weighted by atomic mass is 9.96. The molecule has 1 amide bonds. The second-order valence-corrected chi connectivity index (χ2v) is 10.5. The van der Waals surface area contributed by atoms with Crippen LogP contribution >= 0.6 is 11.3 Å². The fraction of sp³-hybridized carbons (Fsp3) is 0.556. The Balaban J connectivity index is 1.61. The number of nitrogens with one attached hydrogen (secondary N) is 1. The lowest BCUT2D eigenvalue weighted by Crippen LogP contribution is -2.46. The number of rotatable bonds is 5. The highest BCUT2D eigenvalue weighted by Crippen LogP contribution is 2.27. The third-order valence-electron chi connectivity index (χ3n) is 4.62. The maximum Gasteiger partial charge on any atom is 0.289 e. The molecule has 148 valence electrons. The molecule has 1 unspecified atom stereocenters. The topological polar surface area (TPSA) is 92.8 Å². The van der Waals surface area contributed by atoms with Crippen LogP contribution in [0, 0.1) is 5.92 Å². The maximum absolute atomic E-state index is 12.8. The van der Waals surface area contributed by atoms with Gasteiger partial charge in [0.1, 0.15) is 9.81 Å². The molecule has 7 nitrogen and oxygen atoms in total. The van der Waals surface area contributed by atoms with Crippen LogP contribution in [0.4, 0.5) is 0 Å². The summed E-state index contributed by atoms with van der Waals surface area (Å²) in [5.41, 5.74) is -0.692. The molecule has 3 rings (SSSR count). The lowest BCUT2D eigenvalue weighted by molar-refractivity contribution is -0.139. The molecule has 0 spiro atoms. The summed E-state index contributed by atoms with van der Waals surface area (Å²) in [6.07, 6.45) is 3.14. The molecule has 2 aliphatic rings. The number of hydrogen-bond donors (Lipinski definition) is 1. The molecule has 27 heavy (non-hydrogen) atoms. The van der Waals surface area contributed by atoms with Crippen LogP contribution in [-0.4, -0.2) is 50.2 Å². The van der Waals surface area contributed by atoms with Gasteiger partial charge in [0, 0.05) is 32.1 Å². The summed E-state index contributed by atoms with van der Waals surface area (Å²) in [6, 6.07) is 3.26. The van der Waals surface area contributed by atoms with E-state index in [4.69, 9.17) is 4.74 Å². The van der Waals surface area contributed by atoms with E-state index in [2.05, 4.69) is 4.72 Å². The van der Waals surface area contributed by atoms with Gasteiger partial charge in [-0.25, -0.2) is 13.1 Å². The number of hydrogen-bond acceptors (Lipinski definition) is 6. The minimum Gasteiger partial charge on any atom is -0.481 e. The van der Waals surface area contributed by atoms with Crippen molar-refractivity contribution < 1.29 is 22.7 Å². The van der Waals surface area contributed by atoms with Gasteiger partial charge in [-0.15, -0.1) is 11.3 Å². The van der Waals surface area contributed by atoms with Gasteiger partial charge >= 0.3 is 0 Å². The van der Waals surface area contributed by atoms with E-state index in [9.17, 15) is 18.0 Å². The predicted molar refractivity (Wildman–Crippen MR) is 102 cm³/mol. The number of ether oxygens (including phenoxy) is 1. The normalized spacial score (nSPS) is 22.9. The monoisotopic (exact) mass is 412 g/mol. The molecular weight excluding hydrogens is 388 g/mol. The average molecular weight is 413 g/mol. The Morgan fingerprint density at radius 3 is 2.89 bits per heavy atom. The Kier molecular flexibility index (Phi) is 5.73. The van der Waals surface area contributed by atoms with Gasteiger partial charge in [-0.2, -0.15) is 0 Å². The Morgan fingerprint density at radius 2 is 2.22 bits per heavy atom. The number of amides is 1. The fourth-order valence-corrected chi connectivity index (χ4v) is 5.53. The van der Waals surface area contributed by atoms with Crippen molar-refractivity contribution in [1.82, 2.24) is 9.62 Å². The quantitative estimate of drug-likeness (QED) is 0.798. The second-order valence-electron chi connectivity index (χ2n) is 7.56. The summed E-state index contributed by atoms with van der Waals surface area (Å²) in [5.74, 6) is -0.324. The zero-order valence-electron chi connectivity index (χ0n) is 15.4. The summed E-state index contributed by atoms with van der Waals surface area (Å²) in [6.45, 7) is 4.84. The van der Waals surface area contributed by atoms with Crippen LogP contribution in [0.2, 0.25) is 0 Å². The zero-order valence-corrected chi connectivity index (χ0v) is 17.1. The van der Waals surface area contributed by atoms with E-state index in [0.717, 1.165) is 12.8 Å². The van der Waals surface area contributed by atoms with Crippen molar-refractivity contribution >= 4 is 33.1 Å². The summed E-state index contributed by atoms with van der Waals surface area (Å²) in [7, 11) is -3.51. The lowest BCUT2D eigenvalue weighted by Gasteiger charge is -2.36. The van der Waals surface area contributed by atoms with Crippen LogP contribution in [-0.2, 0) is 24.3 Å². The SMILES string of the molecule is CC1(C)CC(=O)C=C(C(=O)N2CCCC(CNS(=O)(=O)c3cccs3)C2)O1. The highest BCUT2D eigenvalue weighted by atomic mass is 32.2. The van der Waals surface area contributed by atoms with E-state index in [1.165, 1.54) is 17.4 Å². The number of sulfonamides is 1. The van der Waals surface area contributed by atoms with Crippen LogP contribution in [0.1, 0.15) is 33.1 Å². The molecule has 1 fully saturated rings. The van der Waals surface area contributed by atoms with Gasteiger partial charge in [-0.1, -0.05) is 6.07 Å². The van der Waals surface area contributed by atoms with Gasteiger partial charge in [-0.3, -0.25) is 9.59 Å². The Labute approximate surface area is 163 Å². The van der Waals surface area contributed by atoms with Gasteiger partial charge in [0.05, 0.1) is 0 Å². The van der Waals surface area contributed by atoms with E-state index in [0.29, 0.717) is 13.1 Å². The van der Waals surface area contributed by atoms with Crippen molar-refractivity contribution in [2.45, 2.75) is 42.9 Å². The van der Waals surface area contributed by atoms with Crippen molar-refractivity contribution in [3.63, 3.8) is 0 Å². The van der Waals surface area contributed by atoms with E-state index >= 15 is 0 Å². The smallest absolute Gasteiger partial charge is 0.289 e. The number of carbonyl (C=O) groups is 2. The maximum atomic E-state index is 12.8. The Hall–Kier alpha value is -1.71. The number of thiophene rings is 1. The summed E-state index contributed by atoms with van der Waals surface area (Å²) in [4.78, 5) is 26.3. The first-order valence-corrected chi connectivity index (χ1v) is 11.3. The van der Waals surface area contributed by atoms with E-state index in [1.54, 1.807) is 36.3 Å². The molecule has 3 heterocycles. The van der Waals surface area contributed by atoms with Crippen molar-refractivity contribution in [2.75, 3.05) is 19.6 Å². The van der Waals surface area contributed by atoms with Gasteiger partial charge < -0.3 is 9.64 Å². The summed E-state index contributed by atoms with van der Waals surface area (Å²) in [5, 5.41) is 1.72. The third-order valence-corrected chi connectivity index (χ3v) is 7.44. The van der Waals surface area contributed by atoms with E-state index in [1.807, 2.05) is 0 Å². The molecule has 1 aromatic heterocycles. The molecule has 0 radical (unpaired) electrons. The third kappa shape index (κ3) is 4.97. The highest BCUT2D eigenvalue weighted by Gasteiger charge is 2.35. The van der Waals surface area contributed by atoms with Gasteiger partial charge in [0.25, 0.3) is 5.91 Å². The minimum absolute atomic E-state index is 0.0188. The highest BCUT2D eigenvalue weighted by molar-refractivity contribution is 7.91. The first kappa shape index (κ1) is 20.0. The molecule has 1 aromatic rings. The van der Waals surface area contributed by atoms with Crippen molar-refractivity contribution in [2.24, 2.45) is 5.92 Å². The van der Waals surface area contributed by atoms with Crippen LogP contribution in [0.25, 0.3) is 0 Å². The Morgan fingerprint density at radius 1 is 1.44 bits per heavy atom. The second kappa shape index (κ2) is 7.73. The van der Waals surface area contributed by atoms with Crippen LogP contribution in [0.5, 0.6) is 0 Å². The Bertz CT molecular complexity index is 843. The van der Waals surface area contributed by atoms with Crippen LogP contribution in [0.3, 0.4) is 0 Å². The number of likely N-dealkylation sites (tertiary alicyclic amines) is 1. The number of allylic oxidation sites excluding steroid dienone is 1. The van der Waals surface area contributed by atoms with Gasteiger partial charge in [0.15, 0.2) is 11.5 Å². The average Bonchev–Trinajstić information content (AvgIpc) is 3.13.